The summed E-state index contributed by atoms with van der Waals surface area (Å²) in [6.07, 6.45) is 3.70. The molecule has 0 radical (unpaired) electrons. The van der Waals surface area contributed by atoms with Crippen molar-refractivity contribution in [1.82, 2.24) is 0 Å². The van der Waals surface area contributed by atoms with E-state index in [2.05, 4.69) is 0 Å². The Morgan fingerprint density at radius 1 is 1.69 bits per heavy atom. The van der Waals surface area contributed by atoms with E-state index in [-0.39, 0.29) is 11.5 Å². The largest absolute Gasteiger partial charge is 0.481 e. The Morgan fingerprint density at radius 3 is 3.06 bits per heavy atom. The van der Waals surface area contributed by atoms with E-state index in [1.165, 1.54) is 0 Å². The lowest BCUT2D eigenvalue weighted by Gasteiger charge is -2.39. The predicted octanol–water partition coefficient (Wildman–Crippen LogP) is 2.40. The summed E-state index contributed by atoms with van der Waals surface area (Å²) in [4.78, 5) is 11.2. The topological polar surface area (TPSA) is 46.5 Å². The van der Waals surface area contributed by atoms with Crippen molar-refractivity contribution in [2.45, 2.75) is 38.2 Å². The molecule has 3 atom stereocenters. The van der Waals surface area contributed by atoms with Crippen molar-refractivity contribution in [2.75, 3.05) is 18.1 Å². The average Bonchev–Trinajstić information content (AvgIpc) is 2.67. The monoisotopic (exact) mass is 244 g/mol. The normalized spacial score (nSPS) is 36.4. The van der Waals surface area contributed by atoms with Crippen LogP contribution in [-0.4, -0.2) is 34.8 Å². The number of ether oxygens (including phenoxy) is 1. The molecule has 2 aliphatic heterocycles. The van der Waals surface area contributed by atoms with Gasteiger partial charge < -0.3 is 9.84 Å². The molecule has 3 unspecified atom stereocenters. The van der Waals surface area contributed by atoms with Gasteiger partial charge in [-0.3, -0.25) is 4.79 Å². The fourth-order valence-corrected chi connectivity index (χ4v) is 4.36. The number of hydrogen-bond acceptors (Lipinski definition) is 3. The SMILES string of the molecule is CCC(C(=O)O)C1CCOC2(CCSC2)C1. The second kappa shape index (κ2) is 4.96. The van der Waals surface area contributed by atoms with Gasteiger partial charge in [0.2, 0.25) is 0 Å². The van der Waals surface area contributed by atoms with Crippen LogP contribution in [0.25, 0.3) is 0 Å². The van der Waals surface area contributed by atoms with Gasteiger partial charge in [0.25, 0.3) is 0 Å². The van der Waals surface area contributed by atoms with Gasteiger partial charge in [0, 0.05) is 12.4 Å². The summed E-state index contributed by atoms with van der Waals surface area (Å²) >= 11 is 1.94. The Hall–Kier alpha value is -0.220. The lowest BCUT2D eigenvalue weighted by molar-refractivity contribution is -0.148. The first-order chi connectivity index (χ1) is 7.67. The van der Waals surface area contributed by atoms with Crippen molar-refractivity contribution in [3.8, 4) is 0 Å². The van der Waals surface area contributed by atoms with Crippen molar-refractivity contribution in [2.24, 2.45) is 11.8 Å². The minimum absolute atomic E-state index is 0.0104. The number of thioether (sulfide) groups is 1. The van der Waals surface area contributed by atoms with E-state index in [0.29, 0.717) is 5.92 Å². The molecular formula is C12H20O3S. The quantitative estimate of drug-likeness (QED) is 0.828. The molecule has 1 N–H and O–H groups in total. The van der Waals surface area contributed by atoms with Crippen LogP contribution < -0.4 is 0 Å². The minimum atomic E-state index is -0.629. The molecule has 0 bridgehead atoms. The van der Waals surface area contributed by atoms with Crippen molar-refractivity contribution in [3.05, 3.63) is 0 Å². The minimum Gasteiger partial charge on any atom is -0.481 e. The van der Waals surface area contributed by atoms with Gasteiger partial charge in [0.15, 0.2) is 0 Å². The lowest BCUT2D eigenvalue weighted by Crippen LogP contribution is -2.43. The van der Waals surface area contributed by atoms with E-state index >= 15 is 0 Å². The first kappa shape index (κ1) is 12.2. The number of aliphatic carboxylic acids is 1. The molecule has 2 heterocycles. The van der Waals surface area contributed by atoms with Crippen molar-refractivity contribution in [3.63, 3.8) is 0 Å². The van der Waals surface area contributed by atoms with E-state index in [1.54, 1.807) is 0 Å². The molecule has 1 spiro atoms. The van der Waals surface area contributed by atoms with Crippen LogP contribution in [0.2, 0.25) is 0 Å². The molecule has 0 saturated carbocycles. The van der Waals surface area contributed by atoms with Crippen LogP contribution in [0.1, 0.15) is 32.6 Å². The summed E-state index contributed by atoms with van der Waals surface area (Å²) in [5, 5.41) is 9.21. The Morgan fingerprint density at radius 2 is 2.50 bits per heavy atom. The molecule has 0 aromatic rings. The van der Waals surface area contributed by atoms with Crippen molar-refractivity contribution in [1.29, 1.82) is 0 Å². The zero-order chi connectivity index (χ0) is 11.6. The highest BCUT2D eigenvalue weighted by atomic mass is 32.2. The summed E-state index contributed by atoms with van der Waals surface area (Å²) < 4.78 is 5.92. The van der Waals surface area contributed by atoms with E-state index in [9.17, 15) is 9.90 Å². The smallest absolute Gasteiger partial charge is 0.306 e. The number of carboxylic acids is 1. The fraction of sp³-hybridized carbons (Fsp3) is 0.917. The highest BCUT2D eigenvalue weighted by molar-refractivity contribution is 7.99. The Balaban J connectivity index is 2.03. The first-order valence-electron chi connectivity index (χ1n) is 6.11. The van der Waals surface area contributed by atoms with Crippen LogP contribution in [-0.2, 0) is 9.53 Å². The van der Waals surface area contributed by atoms with Crippen molar-refractivity contribution < 1.29 is 14.6 Å². The number of rotatable bonds is 3. The van der Waals surface area contributed by atoms with E-state index in [0.717, 1.165) is 43.8 Å². The molecule has 2 fully saturated rings. The maximum atomic E-state index is 11.2. The molecule has 4 heteroatoms. The summed E-state index contributed by atoms with van der Waals surface area (Å²) in [5.41, 5.74) is 0.0104. The van der Waals surface area contributed by atoms with Crippen LogP contribution in [0.3, 0.4) is 0 Å². The zero-order valence-corrected chi connectivity index (χ0v) is 10.6. The molecule has 3 nitrogen and oxygen atoms in total. The van der Waals surface area contributed by atoms with Gasteiger partial charge in [0.05, 0.1) is 11.5 Å². The highest BCUT2D eigenvalue weighted by Gasteiger charge is 2.43. The van der Waals surface area contributed by atoms with Crippen LogP contribution in [0, 0.1) is 11.8 Å². The van der Waals surface area contributed by atoms with E-state index < -0.39 is 5.97 Å². The Bertz CT molecular complexity index is 261. The summed E-state index contributed by atoms with van der Waals surface area (Å²) in [6.45, 7) is 2.72. The standard InChI is InChI=1S/C12H20O3S/c1-2-10(11(13)14)9-3-5-15-12(7-9)4-6-16-8-12/h9-10H,2-8H2,1H3,(H,13,14). The maximum absolute atomic E-state index is 11.2. The van der Waals surface area contributed by atoms with Gasteiger partial charge >= 0.3 is 5.97 Å². The molecule has 0 aromatic carbocycles. The molecular weight excluding hydrogens is 224 g/mol. The molecule has 0 amide bonds. The molecule has 92 valence electrons. The molecule has 0 aromatic heterocycles. The molecule has 2 saturated heterocycles. The van der Waals surface area contributed by atoms with Gasteiger partial charge in [-0.05, 0) is 37.4 Å². The summed E-state index contributed by atoms with van der Waals surface area (Å²) in [6, 6.07) is 0. The fourth-order valence-electron chi connectivity index (χ4n) is 2.98. The first-order valence-corrected chi connectivity index (χ1v) is 7.27. The zero-order valence-electron chi connectivity index (χ0n) is 9.78. The Labute approximate surface area is 101 Å². The van der Waals surface area contributed by atoms with Gasteiger partial charge in [-0.2, -0.15) is 11.8 Å². The van der Waals surface area contributed by atoms with Crippen LogP contribution in [0.4, 0.5) is 0 Å². The molecule has 16 heavy (non-hydrogen) atoms. The van der Waals surface area contributed by atoms with Crippen LogP contribution >= 0.6 is 11.8 Å². The van der Waals surface area contributed by atoms with Gasteiger partial charge in [-0.15, -0.1) is 0 Å². The van der Waals surface area contributed by atoms with Crippen LogP contribution in [0.15, 0.2) is 0 Å². The highest BCUT2D eigenvalue weighted by Crippen LogP contribution is 2.43. The second-order valence-corrected chi connectivity index (χ2v) is 6.05. The van der Waals surface area contributed by atoms with Gasteiger partial charge in [-0.25, -0.2) is 0 Å². The third-order valence-electron chi connectivity index (χ3n) is 3.92. The third-order valence-corrected chi connectivity index (χ3v) is 5.15. The second-order valence-electron chi connectivity index (χ2n) is 4.94. The summed E-state index contributed by atoms with van der Waals surface area (Å²) in [5.74, 6) is 1.73. The van der Waals surface area contributed by atoms with Gasteiger partial charge in [0.1, 0.15) is 0 Å². The maximum Gasteiger partial charge on any atom is 0.306 e. The van der Waals surface area contributed by atoms with E-state index in [1.807, 2.05) is 18.7 Å². The lowest BCUT2D eigenvalue weighted by atomic mass is 9.77. The molecule has 0 aliphatic carbocycles. The van der Waals surface area contributed by atoms with E-state index in [4.69, 9.17) is 4.74 Å². The number of carbonyl (C=O) groups is 1. The Kier molecular flexibility index (Phi) is 3.80. The molecule has 2 aliphatic rings. The number of carboxylic acid groups (broad SMARTS) is 1. The third kappa shape index (κ3) is 2.38. The van der Waals surface area contributed by atoms with Crippen LogP contribution in [0.5, 0.6) is 0 Å². The average molecular weight is 244 g/mol. The van der Waals surface area contributed by atoms with Crippen molar-refractivity contribution >= 4 is 17.7 Å². The number of hydrogen-bond donors (Lipinski definition) is 1. The predicted molar refractivity (Wildman–Crippen MR) is 64.8 cm³/mol. The molecule has 2 rings (SSSR count). The summed E-state index contributed by atoms with van der Waals surface area (Å²) in [7, 11) is 0. The van der Waals surface area contributed by atoms with Gasteiger partial charge in [-0.1, -0.05) is 6.92 Å².